The maximum absolute atomic E-state index is 10.8. The van der Waals surface area contributed by atoms with Crippen molar-refractivity contribution in [1.82, 2.24) is 0 Å². The Hall–Kier alpha value is -1.67. The summed E-state index contributed by atoms with van der Waals surface area (Å²) in [5.41, 5.74) is 1.59. The predicted octanol–water partition coefficient (Wildman–Crippen LogP) is 2.68. The fourth-order valence-electron chi connectivity index (χ4n) is 1.41. The molecule has 0 unspecified atom stereocenters. The van der Waals surface area contributed by atoms with Crippen LogP contribution in [-0.2, 0) is 0 Å². The molecule has 90 valence electrons. The Morgan fingerprint density at radius 3 is 3.00 bits per heavy atom. The summed E-state index contributed by atoms with van der Waals surface area (Å²) >= 11 is 1.62. The molecular formula is C12H14N2O2S. The molecule has 5 heteroatoms. The smallest absolute Gasteiger partial charge is 0.292 e. The average Bonchev–Trinajstić information content (AvgIpc) is 2.30. The van der Waals surface area contributed by atoms with Gasteiger partial charge in [0.2, 0.25) is 0 Å². The number of terminal acetylenes is 1. The molecule has 0 saturated heterocycles. The van der Waals surface area contributed by atoms with Crippen LogP contribution < -0.4 is 5.32 Å². The molecule has 0 saturated carbocycles. The lowest BCUT2D eigenvalue weighted by Gasteiger charge is -2.09. The van der Waals surface area contributed by atoms with Gasteiger partial charge in [0.25, 0.3) is 5.69 Å². The first-order valence-corrected chi connectivity index (χ1v) is 6.31. The molecule has 0 bridgehead atoms. The molecule has 1 N–H and O–H groups in total. The number of benzene rings is 1. The number of thioether (sulfide) groups is 1. The molecule has 1 aromatic carbocycles. The zero-order valence-corrected chi connectivity index (χ0v) is 10.4. The number of nitro benzene ring substituents is 1. The number of aryl methyl sites for hydroxylation is 1. The second-order valence-corrected chi connectivity index (χ2v) is 4.51. The van der Waals surface area contributed by atoms with Gasteiger partial charge in [0.1, 0.15) is 5.69 Å². The number of anilines is 1. The molecule has 0 aliphatic rings. The number of hydrogen-bond acceptors (Lipinski definition) is 4. The molecule has 4 nitrogen and oxygen atoms in total. The van der Waals surface area contributed by atoms with Crippen LogP contribution in [0.3, 0.4) is 0 Å². The minimum atomic E-state index is -0.371. The Morgan fingerprint density at radius 2 is 2.35 bits per heavy atom. The number of para-hydroxylation sites is 1. The summed E-state index contributed by atoms with van der Waals surface area (Å²) in [4.78, 5) is 10.5. The maximum Gasteiger partial charge on any atom is 0.292 e. The summed E-state index contributed by atoms with van der Waals surface area (Å²) in [6, 6.07) is 5.04. The lowest BCUT2D eigenvalue weighted by Crippen LogP contribution is -2.08. The summed E-state index contributed by atoms with van der Waals surface area (Å²) < 4.78 is 0. The van der Waals surface area contributed by atoms with Gasteiger partial charge in [0, 0.05) is 18.4 Å². The van der Waals surface area contributed by atoms with E-state index in [9.17, 15) is 10.1 Å². The largest absolute Gasteiger partial charge is 0.378 e. The summed E-state index contributed by atoms with van der Waals surface area (Å²) in [5.74, 6) is 4.03. The first-order valence-electron chi connectivity index (χ1n) is 5.16. The van der Waals surface area contributed by atoms with E-state index in [0.717, 1.165) is 11.3 Å². The Labute approximate surface area is 105 Å². The highest BCUT2D eigenvalue weighted by Crippen LogP contribution is 2.27. The third kappa shape index (κ3) is 4.00. The first-order chi connectivity index (χ1) is 8.16. The van der Waals surface area contributed by atoms with Gasteiger partial charge < -0.3 is 5.32 Å². The molecule has 0 aliphatic heterocycles. The van der Waals surface area contributed by atoms with E-state index in [-0.39, 0.29) is 10.6 Å². The Bertz CT molecular complexity index is 441. The van der Waals surface area contributed by atoms with E-state index in [1.165, 1.54) is 6.07 Å². The molecule has 0 atom stereocenters. The van der Waals surface area contributed by atoms with E-state index in [1.807, 2.05) is 13.0 Å². The molecule has 0 amide bonds. The Morgan fingerprint density at radius 1 is 1.59 bits per heavy atom. The zero-order valence-electron chi connectivity index (χ0n) is 9.60. The molecule has 0 fully saturated rings. The van der Waals surface area contributed by atoms with Crippen LogP contribution in [0.25, 0.3) is 0 Å². The van der Waals surface area contributed by atoms with Crippen LogP contribution in [0.2, 0.25) is 0 Å². The molecule has 17 heavy (non-hydrogen) atoms. The predicted molar refractivity (Wildman–Crippen MR) is 72.5 cm³/mol. The molecule has 0 spiro atoms. The van der Waals surface area contributed by atoms with E-state index in [2.05, 4.69) is 11.2 Å². The van der Waals surface area contributed by atoms with Gasteiger partial charge in [0.15, 0.2) is 0 Å². The van der Waals surface area contributed by atoms with Crippen LogP contribution >= 0.6 is 11.8 Å². The van der Waals surface area contributed by atoms with E-state index in [4.69, 9.17) is 6.42 Å². The van der Waals surface area contributed by atoms with Crippen molar-refractivity contribution in [2.75, 3.05) is 23.4 Å². The van der Waals surface area contributed by atoms with E-state index in [1.54, 1.807) is 17.8 Å². The minimum absolute atomic E-state index is 0.118. The number of nitrogens with zero attached hydrogens (tertiary/aromatic N) is 1. The molecule has 0 heterocycles. The van der Waals surface area contributed by atoms with Crippen LogP contribution in [-0.4, -0.2) is 23.0 Å². The number of nitro groups is 1. The van der Waals surface area contributed by atoms with Gasteiger partial charge in [0.05, 0.1) is 10.7 Å². The standard InChI is InChI=1S/C12H14N2O2S/c1-3-8-17-9-7-13-12-10(2)5-4-6-11(12)14(15)16/h1,4-6,13H,7-9H2,2H3. The lowest BCUT2D eigenvalue weighted by atomic mass is 10.1. The van der Waals surface area contributed by atoms with Crippen LogP contribution in [0.5, 0.6) is 0 Å². The molecule has 1 aromatic rings. The first kappa shape index (κ1) is 13.4. The van der Waals surface area contributed by atoms with Crippen molar-refractivity contribution in [3.63, 3.8) is 0 Å². The monoisotopic (exact) mass is 250 g/mol. The molecule has 0 aliphatic carbocycles. The maximum atomic E-state index is 10.8. The second-order valence-electron chi connectivity index (χ2n) is 3.41. The Balaban J connectivity index is 2.63. The van der Waals surface area contributed by atoms with Gasteiger partial charge in [-0.3, -0.25) is 10.1 Å². The van der Waals surface area contributed by atoms with Crippen LogP contribution in [0.15, 0.2) is 18.2 Å². The summed E-state index contributed by atoms with van der Waals surface area (Å²) in [5, 5.41) is 13.9. The van der Waals surface area contributed by atoms with E-state index >= 15 is 0 Å². The SMILES string of the molecule is C#CCSCCNc1c(C)cccc1[N+](=O)[O-]. The van der Waals surface area contributed by atoms with Crippen LogP contribution in [0.1, 0.15) is 5.56 Å². The summed E-state index contributed by atoms with van der Waals surface area (Å²) in [6.07, 6.45) is 5.13. The third-order valence-electron chi connectivity index (χ3n) is 2.18. The van der Waals surface area contributed by atoms with Crippen LogP contribution in [0, 0.1) is 29.4 Å². The number of hydrogen-bond donors (Lipinski definition) is 1. The number of rotatable bonds is 6. The topological polar surface area (TPSA) is 55.2 Å². The van der Waals surface area contributed by atoms with Crippen molar-refractivity contribution in [3.8, 4) is 12.3 Å². The van der Waals surface area contributed by atoms with E-state index < -0.39 is 0 Å². The highest BCUT2D eigenvalue weighted by Gasteiger charge is 2.14. The van der Waals surface area contributed by atoms with Gasteiger partial charge in [-0.15, -0.1) is 18.2 Å². The van der Waals surface area contributed by atoms with Gasteiger partial charge in [-0.25, -0.2) is 0 Å². The van der Waals surface area contributed by atoms with Crippen molar-refractivity contribution in [3.05, 3.63) is 33.9 Å². The lowest BCUT2D eigenvalue weighted by molar-refractivity contribution is -0.384. The van der Waals surface area contributed by atoms with Crippen LogP contribution in [0.4, 0.5) is 11.4 Å². The van der Waals surface area contributed by atoms with E-state index in [0.29, 0.717) is 18.0 Å². The van der Waals surface area contributed by atoms with Gasteiger partial charge in [-0.1, -0.05) is 18.1 Å². The molecular weight excluding hydrogens is 236 g/mol. The normalized spacial score (nSPS) is 9.65. The fourth-order valence-corrected chi connectivity index (χ4v) is 1.92. The van der Waals surface area contributed by atoms with Crippen molar-refractivity contribution in [1.29, 1.82) is 0 Å². The highest BCUT2D eigenvalue weighted by molar-refractivity contribution is 7.99. The second kappa shape index (κ2) is 6.81. The van der Waals surface area contributed by atoms with Crippen molar-refractivity contribution >= 4 is 23.1 Å². The summed E-state index contributed by atoms with van der Waals surface area (Å²) in [7, 11) is 0. The van der Waals surface area contributed by atoms with Gasteiger partial charge in [-0.2, -0.15) is 0 Å². The van der Waals surface area contributed by atoms with Gasteiger partial charge in [-0.05, 0) is 12.5 Å². The quantitative estimate of drug-likeness (QED) is 0.365. The molecule has 0 aromatic heterocycles. The Kier molecular flexibility index (Phi) is 5.37. The molecule has 1 rings (SSSR count). The number of nitrogens with one attached hydrogen (secondary N) is 1. The van der Waals surface area contributed by atoms with Crippen molar-refractivity contribution < 1.29 is 4.92 Å². The minimum Gasteiger partial charge on any atom is -0.378 e. The third-order valence-corrected chi connectivity index (χ3v) is 3.04. The zero-order chi connectivity index (χ0) is 12.7. The van der Waals surface area contributed by atoms with Crippen molar-refractivity contribution in [2.45, 2.75) is 6.92 Å². The average molecular weight is 250 g/mol. The summed E-state index contributed by atoms with van der Waals surface area (Å²) in [6.45, 7) is 2.52. The fraction of sp³-hybridized carbons (Fsp3) is 0.333. The van der Waals surface area contributed by atoms with Gasteiger partial charge >= 0.3 is 0 Å². The van der Waals surface area contributed by atoms with Crippen molar-refractivity contribution in [2.24, 2.45) is 0 Å². The highest BCUT2D eigenvalue weighted by atomic mass is 32.2. The molecule has 0 radical (unpaired) electrons.